The quantitative estimate of drug-likeness (QED) is 0.930. The first kappa shape index (κ1) is 16.0. The molecule has 1 amide bonds. The van der Waals surface area contributed by atoms with Gasteiger partial charge in [-0.1, -0.05) is 19.1 Å². The normalized spacial score (nSPS) is 25.7. The minimum absolute atomic E-state index is 0.251. The highest BCUT2D eigenvalue weighted by molar-refractivity contribution is 5.81. The van der Waals surface area contributed by atoms with Crippen LogP contribution in [0.1, 0.15) is 50.3 Å². The van der Waals surface area contributed by atoms with E-state index in [1.165, 1.54) is 5.56 Å². The van der Waals surface area contributed by atoms with Crippen molar-refractivity contribution in [1.82, 2.24) is 10.2 Å². The van der Waals surface area contributed by atoms with Crippen LogP contribution in [-0.2, 0) is 4.79 Å². The average molecular weight is 311 g/mol. The highest BCUT2D eigenvalue weighted by atomic mass is 16.2. The monoisotopic (exact) mass is 311 g/mol. The molecular weight excluding hydrogens is 286 g/mol. The average Bonchev–Trinajstić information content (AvgIpc) is 3.41. The molecule has 1 aliphatic heterocycles. The van der Waals surface area contributed by atoms with E-state index in [9.17, 15) is 4.79 Å². The Hall–Kier alpha value is -1.86. The van der Waals surface area contributed by atoms with Crippen LogP contribution in [0.25, 0.3) is 0 Å². The zero-order valence-electron chi connectivity index (χ0n) is 14.0. The molecule has 0 aromatic heterocycles. The number of hydrogen-bond donors (Lipinski definition) is 1. The molecule has 0 bridgehead atoms. The van der Waals surface area contributed by atoms with Crippen LogP contribution in [0.5, 0.6) is 0 Å². The summed E-state index contributed by atoms with van der Waals surface area (Å²) in [5.41, 5.74) is 1.90. The Bertz CT molecular complexity index is 600. The van der Waals surface area contributed by atoms with E-state index in [4.69, 9.17) is 5.26 Å². The first-order chi connectivity index (χ1) is 11.1. The van der Waals surface area contributed by atoms with Crippen LogP contribution in [-0.4, -0.2) is 29.9 Å². The second-order valence-corrected chi connectivity index (χ2v) is 7.05. The van der Waals surface area contributed by atoms with Crippen molar-refractivity contribution in [2.75, 3.05) is 13.1 Å². The molecule has 0 unspecified atom stereocenters. The SMILES string of the molecule is C[C@H](N[C@@H]1CCN(C(=O)C2CC2)C[C@@H]1C)c1ccc(C#N)cc1. The topological polar surface area (TPSA) is 56.1 Å². The number of rotatable bonds is 4. The number of likely N-dealkylation sites (tertiary alicyclic amines) is 1. The Labute approximate surface area is 138 Å². The van der Waals surface area contributed by atoms with Crippen molar-refractivity contribution >= 4 is 5.91 Å². The first-order valence-corrected chi connectivity index (χ1v) is 8.63. The second kappa shape index (κ2) is 6.72. The summed E-state index contributed by atoms with van der Waals surface area (Å²) < 4.78 is 0. The molecule has 4 heteroatoms. The number of benzene rings is 1. The molecule has 1 aromatic carbocycles. The number of amides is 1. The van der Waals surface area contributed by atoms with Crippen molar-refractivity contribution in [2.45, 2.75) is 45.2 Å². The Morgan fingerprint density at radius 1 is 1.30 bits per heavy atom. The van der Waals surface area contributed by atoms with Crippen LogP contribution in [0.4, 0.5) is 0 Å². The summed E-state index contributed by atoms with van der Waals surface area (Å²) in [5, 5.41) is 12.6. The largest absolute Gasteiger partial charge is 0.342 e. The number of nitrogens with zero attached hydrogens (tertiary/aromatic N) is 2. The van der Waals surface area contributed by atoms with E-state index in [1.54, 1.807) is 0 Å². The van der Waals surface area contributed by atoms with E-state index in [0.29, 0.717) is 29.3 Å². The van der Waals surface area contributed by atoms with Gasteiger partial charge < -0.3 is 10.2 Å². The molecule has 2 aliphatic rings. The summed E-state index contributed by atoms with van der Waals surface area (Å²) >= 11 is 0. The predicted molar refractivity (Wildman–Crippen MR) is 89.6 cm³/mol. The van der Waals surface area contributed by atoms with Crippen molar-refractivity contribution in [3.63, 3.8) is 0 Å². The van der Waals surface area contributed by atoms with Crippen LogP contribution in [0.15, 0.2) is 24.3 Å². The van der Waals surface area contributed by atoms with Crippen LogP contribution in [0.3, 0.4) is 0 Å². The first-order valence-electron chi connectivity index (χ1n) is 8.63. The summed E-state index contributed by atoms with van der Waals surface area (Å²) in [7, 11) is 0. The van der Waals surface area contributed by atoms with Crippen LogP contribution >= 0.6 is 0 Å². The molecule has 1 aromatic rings. The van der Waals surface area contributed by atoms with E-state index in [1.807, 2.05) is 24.3 Å². The van der Waals surface area contributed by atoms with Crippen LogP contribution < -0.4 is 5.32 Å². The predicted octanol–water partition coefficient (Wildman–Crippen LogP) is 2.86. The lowest BCUT2D eigenvalue weighted by molar-refractivity contribution is -0.134. The lowest BCUT2D eigenvalue weighted by Gasteiger charge is -2.39. The molecule has 4 nitrogen and oxygen atoms in total. The van der Waals surface area contributed by atoms with E-state index >= 15 is 0 Å². The number of carbonyl (C=O) groups is 1. The minimum atomic E-state index is 0.251. The van der Waals surface area contributed by atoms with Gasteiger partial charge in [0.2, 0.25) is 5.91 Å². The summed E-state index contributed by atoms with van der Waals surface area (Å²) in [6.07, 6.45) is 3.18. The summed E-state index contributed by atoms with van der Waals surface area (Å²) in [6, 6.07) is 10.6. The van der Waals surface area contributed by atoms with Gasteiger partial charge in [0.25, 0.3) is 0 Å². The third kappa shape index (κ3) is 3.73. The van der Waals surface area contributed by atoms with E-state index < -0.39 is 0 Å². The molecular formula is C19H25N3O. The van der Waals surface area contributed by atoms with Crippen molar-refractivity contribution in [2.24, 2.45) is 11.8 Å². The molecule has 1 heterocycles. The molecule has 0 spiro atoms. The van der Waals surface area contributed by atoms with Gasteiger partial charge in [-0.2, -0.15) is 5.26 Å². The fourth-order valence-electron chi connectivity index (χ4n) is 3.45. The molecule has 1 aliphatic carbocycles. The van der Waals surface area contributed by atoms with Gasteiger partial charge in [0.1, 0.15) is 0 Å². The summed E-state index contributed by atoms with van der Waals surface area (Å²) in [6.45, 7) is 6.13. The minimum Gasteiger partial charge on any atom is -0.342 e. The lowest BCUT2D eigenvalue weighted by Crippen LogP contribution is -2.50. The van der Waals surface area contributed by atoms with Gasteiger partial charge in [-0.25, -0.2) is 0 Å². The number of hydrogen-bond acceptors (Lipinski definition) is 3. The fourth-order valence-corrected chi connectivity index (χ4v) is 3.45. The molecule has 2 fully saturated rings. The lowest BCUT2D eigenvalue weighted by atomic mass is 9.92. The maximum atomic E-state index is 12.2. The summed E-state index contributed by atoms with van der Waals surface area (Å²) in [5.74, 6) is 1.16. The van der Waals surface area contributed by atoms with Gasteiger partial charge in [0.15, 0.2) is 0 Å². The Balaban J connectivity index is 1.55. The van der Waals surface area contributed by atoms with E-state index in [0.717, 1.165) is 32.4 Å². The van der Waals surface area contributed by atoms with Crippen LogP contribution in [0, 0.1) is 23.2 Å². The van der Waals surface area contributed by atoms with Crippen molar-refractivity contribution < 1.29 is 4.79 Å². The summed E-state index contributed by atoms with van der Waals surface area (Å²) in [4.78, 5) is 14.3. The molecule has 23 heavy (non-hydrogen) atoms. The molecule has 1 N–H and O–H groups in total. The van der Waals surface area contributed by atoms with E-state index in [2.05, 4.69) is 30.1 Å². The number of nitriles is 1. The maximum absolute atomic E-state index is 12.2. The van der Waals surface area contributed by atoms with Gasteiger partial charge in [-0.3, -0.25) is 4.79 Å². The van der Waals surface area contributed by atoms with Gasteiger partial charge >= 0.3 is 0 Å². The van der Waals surface area contributed by atoms with Crippen molar-refractivity contribution in [3.05, 3.63) is 35.4 Å². The molecule has 3 atom stereocenters. The zero-order valence-corrected chi connectivity index (χ0v) is 14.0. The number of carbonyl (C=O) groups excluding carboxylic acids is 1. The fraction of sp³-hybridized carbons (Fsp3) is 0.579. The van der Waals surface area contributed by atoms with Gasteiger partial charge in [-0.05, 0) is 49.8 Å². The maximum Gasteiger partial charge on any atom is 0.225 e. The standard InChI is InChI=1S/C19H25N3O/c1-13-12-22(19(23)17-7-8-17)10-9-18(13)21-14(2)16-5-3-15(11-20)4-6-16/h3-6,13-14,17-18,21H,7-10,12H2,1-2H3/t13-,14-,18+/m0/s1. The number of nitrogens with one attached hydrogen (secondary N) is 1. The molecule has 122 valence electrons. The molecule has 1 saturated heterocycles. The third-order valence-electron chi connectivity index (χ3n) is 5.15. The van der Waals surface area contributed by atoms with Crippen LogP contribution in [0.2, 0.25) is 0 Å². The third-order valence-corrected chi connectivity index (χ3v) is 5.15. The highest BCUT2D eigenvalue weighted by Crippen LogP contribution is 2.32. The smallest absolute Gasteiger partial charge is 0.225 e. The number of piperidine rings is 1. The van der Waals surface area contributed by atoms with Gasteiger partial charge in [0, 0.05) is 31.1 Å². The van der Waals surface area contributed by atoms with Crippen molar-refractivity contribution in [1.29, 1.82) is 5.26 Å². The van der Waals surface area contributed by atoms with E-state index in [-0.39, 0.29) is 6.04 Å². The Morgan fingerprint density at radius 3 is 2.57 bits per heavy atom. The Morgan fingerprint density at radius 2 is 2.00 bits per heavy atom. The highest BCUT2D eigenvalue weighted by Gasteiger charge is 2.37. The van der Waals surface area contributed by atoms with Gasteiger partial charge in [0.05, 0.1) is 11.6 Å². The molecule has 1 saturated carbocycles. The van der Waals surface area contributed by atoms with Crippen molar-refractivity contribution in [3.8, 4) is 6.07 Å². The zero-order chi connectivity index (χ0) is 16.4. The molecule has 3 rings (SSSR count). The second-order valence-electron chi connectivity index (χ2n) is 7.05. The Kier molecular flexibility index (Phi) is 4.68. The van der Waals surface area contributed by atoms with Gasteiger partial charge in [-0.15, -0.1) is 0 Å². The molecule has 0 radical (unpaired) electrons.